The van der Waals surface area contributed by atoms with Gasteiger partial charge in [-0.05, 0) is 25.3 Å². The van der Waals surface area contributed by atoms with Crippen LogP contribution in [0.1, 0.15) is 27.2 Å². The average Bonchev–Trinajstić information content (AvgIpc) is 2.65. The van der Waals surface area contributed by atoms with E-state index in [1.807, 2.05) is 13.1 Å². The van der Waals surface area contributed by atoms with Gasteiger partial charge < -0.3 is 15.1 Å². The van der Waals surface area contributed by atoms with Gasteiger partial charge in [-0.2, -0.15) is 0 Å². The Morgan fingerprint density at radius 1 is 1.37 bits per heavy atom. The van der Waals surface area contributed by atoms with E-state index in [9.17, 15) is 4.79 Å². The summed E-state index contributed by atoms with van der Waals surface area (Å²) < 4.78 is 5.00. The first-order valence-electron chi connectivity index (χ1n) is 6.53. The first-order chi connectivity index (χ1) is 8.88. The number of fused-ring (bicyclic) bond motifs is 1. The lowest BCUT2D eigenvalue weighted by Crippen LogP contribution is -2.30. The van der Waals surface area contributed by atoms with Crippen LogP contribution in [0.3, 0.4) is 0 Å². The van der Waals surface area contributed by atoms with Gasteiger partial charge in [0.2, 0.25) is 0 Å². The molecule has 0 amide bonds. The van der Waals surface area contributed by atoms with E-state index in [1.165, 1.54) is 0 Å². The van der Waals surface area contributed by atoms with E-state index in [1.54, 1.807) is 6.07 Å². The van der Waals surface area contributed by atoms with Gasteiger partial charge in [0, 0.05) is 19.2 Å². The zero-order valence-corrected chi connectivity index (χ0v) is 11.9. The summed E-state index contributed by atoms with van der Waals surface area (Å²) in [5.74, 6) is 0.167. The van der Waals surface area contributed by atoms with E-state index >= 15 is 0 Å². The smallest absolute Gasteiger partial charge is 0.408 e. The maximum atomic E-state index is 11.2. The van der Waals surface area contributed by atoms with Crippen LogP contribution in [0, 0.1) is 5.92 Å². The molecule has 104 valence electrons. The van der Waals surface area contributed by atoms with Gasteiger partial charge in [-0.1, -0.05) is 13.8 Å². The molecule has 0 fully saturated rings. The summed E-state index contributed by atoms with van der Waals surface area (Å²) in [4.78, 5) is 16.0. The third kappa shape index (κ3) is 2.75. The zero-order chi connectivity index (χ0) is 14.2. The lowest BCUT2D eigenvalue weighted by Gasteiger charge is -2.29. The van der Waals surface area contributed by atoms with Crippen molar-refractivity contribution < 1.29 is 4.42 Å². The fourth-order valence-electron chi connectivity index (χ4n) is 2.38. The Hall–Kier alpha value is -1.91. The topological polar surface area (TPSA) is 75.3 Å². The van der Waals surface area contributed by atoms with Gasteiger partial charge >= 0.3 is 5.76 Å². The third-order valence-electron chi connectivity index (χ3n) is 3.42. The van der Waals surface area contributed by atoms with Crippen molar-refractivity contribution in [2.75, 3.05) is 17.7 Å². The molecule has 1 unspecified atom stereocenters. The number of anilines is 2. The summed E-state index contributed by atoms with van der Waals surface area (Å²) >= 11 is 0. The van der Waals surface area contributed by atoms with Crippen molar-refractivity contribution in [1.82, 2.24) is 4.98 Å². The lowest BCUT2D eigenvalue weighted by molar-refractivity contribution is 0.504. The zero-order valence-electron chi connectivity index (χ0n) is 11.9. The largest absolute Gasteiger partial charge is 0.417 e. The molecule has 1 aromatic carbocycles. The predicted molar refractivity (Wildman–Crippen MR) is 78.6 cm³/mol. The van der Waals surface area contributed by atoms with Crippen molar-refractivity contribution in [3.8, 4) is 0 Å². The van der Waals surface area contributed by atoms with Gasteiger partial charge in [0.25, 0.3) is 0 Å². The van der Waals surface area contributed by atoms with Crippen LogP contribution >= 0.6 is 0 Å². The minimum atomic E-state index is -0.454. The summed E-state index contributed by atoms with van der Waals surface area (Å²) in [6.45, 7) is 6.57. The molecule has 0 spiro atoms. The second-order valence-electron chi connectivity index (χ2n) is 5.51. The molecular formula is C14H21N3O2. The number of hydrogen-bond acceptors (Lipinski definition) is 4. The first kappa shape index (κ1) is 13.5. The summed E-state index contributed by atoms with van der Waals surface area (Å²) in [5.41, 5.74) is 8.76. The Morgan fingerprint density at radius 3 is 2.68 bits per heavy atom. The normalized spacial score (nSPS) is 13.1. The number of nitrogen functional groups attached to an aromatic ring is 1. The van der Waals surface area contributed by atoms with Crippen LogP contribution < -0.4 is 16.4 Å². The Balaban J connectivity index is 2.38. The van der Waals surface area contributed by atoms with Crippen LogP contribution in [-0.2, 0) is 0 Å². The quantitative estimate of drug-likeness (QED) is 0.831. The molecule has 0 saturated carbocycles. The summed E-state index contributed by atoms with van der Waals surface area (Å²) in [6, 6.07) is 3.94. The maximum Gasteiger partial charge on any atom is 0.417 e. The van der Waals surface area contributed by atoms with E-state index in [4.69, 9.17) is 10.2 Å². The van der Waals surface area contributed by atoms with Gasteiger partial charge in [0.15, 0.2) is 5.58 Å². The van der Waals surface area contributed by atoms with Gasteiger partial charge in [0.1, 0.15) is 0 Å². The molecule has 0 bridgehead atoms. The van der Waals surface area contributed by atoms with Crippen LogP contribution in [0.5, 0.6) is 0 Å². The third-order valence-corrected chi connectivity index (χ3v) is 3.42. The maximum absolute atomic E-state index is 11.2. The molecule has 0 saturated heterocycles. The van der Waals surface area contributed by atoms with E-state index in [0.717, 1.165) is 12.1 Å². The number of hydrogen-bond donors (Lipinski definition) is 2. The molecule has 0 radical (unpaired) electrons. The fraction of sp³-hybridized carbons (Fsp3) is 0.500. The molecular weight excluding hydrogens is 242 g/mol. The number of nitrogens with one attached hydrogen (secondary N) is 1. The summed E-state index contributed by atoms with van der Waals surface area (Å²) in [7, 11) is 2.02. The van der Waals surface area contributed by atoms with Crippen LogP contribution in [0.15, 0.2) is 21.3 Å². The molecule has 5 nitrogen and oxygen atoms in total. The highest BCUT2D eigenvalue weighted by Gasteiger charge is 2.16. The molecule has 19 heavy (non-hydrogen) atoms. The van der Waals surface area contributed by atoms with Crippen molar-refractivity contribution >= 4 is 22.5 Å². The molecule has 0 aliphatic rings. The Bertz CT molecular complexity index is 627. The van der Waals surface area contributed by atoms with E-state index in [-0.39, 0.29) is 0 Å². The standard InChI is InChI=1S/C14H21N3O2/c1-8(2)5-9(3)17(4)12-7-11-13(6-10(12)15)19-14(18)16-11/h6-9H,5,15H2,1-4H3,(H,16,18). The number of benzene rings is 1. The molecule has 3 N–H and O–H groups in total. The van der Waals surface area contributed by atoms with Crippen LogP contribution in [-0.4, -0.2) is 18.1 Å². The Kier molecular flexibility index (Phi) is 3.55. The highest BCUT2D eigenvalue weighted by Crippen LogP contribution is 2.29. The van der Waals surface area contributed by atoms with Gasteiger partial charge in [-0.15, -0.1) is 0 Å². The number of nitrogens with zero attached hydrogens (tertiary/aromatic N) is 1. The average molecular weight is 263 g/mol. The number of oxazole rings is 1. The second kappa shape index (κ2) is 4.99. The predicted octanol–water partition coefficient (Wildman–Crippen LogP) is 2.57. The van der Waals surface area contributed by atoms with E-state index < -0.39 is 5.76 Å². The molecule has 1 aromatic heterocycles. The van der Waals surface area contributed by atoms with Crippen molar-refractivity contribution in [2.45, 2.75) is 33.2 Å². The number of rotatable bonds is 4. The Morgan fingerprint density at radius 2 is 2.05 bits per heavy atom. The molecule has 2 rings (SSSR count). The minimum Gasteiger partial charge on any atom is -0.408 e. The fourth-order valence-corrected chi connectivity index (χ4v) is 2.38. The molecule has 5 heteroatoms. The number of aromatic nitrogens is 1. The van der Waals surface area contributed by atoms with Crippen LogP contribution in [0.25, 0.3) is 11.1 Å². The number of aromatic amines is 1. The lowest BCUT2D eigenvalue weighted by atomic mass is 10.0. The monoisotopic (exact) mass is 263 g/mol. The van der Waals surface area contributed by atoms with Crippen molar-refractivity contribution in [1.29, 1.82) is 0 Å². The second-order valence-corrected chi connectivity index (χ2v) is 5.51. The van der Waals surface area contributed by atoms with E-state index in [0.29, 0.717) is 28.7 Å². The first-order valence-corrected chi connectivity index (χ1v) is 6.53. The highest BCUT2D eigenvalue weighted by atomic mass is 16.4. The molecule has 1 atom stereocenters. The van der Waals surface area contributed by atoms with Crippen LogP contribution in [0.2, 0.25) is 0 Å². The SMILES string of the molecule is CC(C)CC(C)N(C)c1cc2[nH]c(=O)oc2cc1N. The summed E-state index contributed by atoms with van der Waals surface area (Å²) in [6.07, 6.45) is 1.08. The van der Waals surface area contributed by atoms with Crippen molar-refractivity contribution in [2.24, 2.45) is 5.92 Å². The van der Waals surface area contributed by atoms with Gasteiger partial charge in [-0.3, -0.25) is 4.98 Å². The Labute approximate surface area is 112 Å². The molecule has 0 aliphatic carbocycles. The molecule has 2 aromatic rings. The molecule has 1 heterocycles. The van der Waals surface area contributed by atoms with E-state index in [2.05, 4.69) is 30.7 Å². The number of nitrogens with two attached hydrogens (primary N) is 1. The number of H-pyrrole nitrogens is 1. The van der Waals surface area contributed by atoms with Gasteiger partial charge in [-0.25, -0.2) is 4.79 Å². The van der Waals surface area contributed by atoms with Crippen LogP contribution in [0.4, 0.5) is 11.4 Å². The summed E-state index contributed by atoms with van der Waals surface area (Å²) in [5, 5.41) is 0. The van der Waals surface area contributed by atoms with Crippen molar-refractivity contribution in [3.05, 3.63) is 22.7 Å². The minimum absolute atomic E-state index is 0.373. The van der Waals surface area contributed by atoms with Gasteiger partial charge in [0.05, 0.1) is 16.9 Å². The highest BCUT2D eigenvalue weighted by molar-refractivity contribution is 5.85. The molecule has 0 aliphatic heterocycles. The van der Waals surface area contributed by atoms with Crippen molar-refractivity contribution in [3.63, 3.8) is 0 Å².